The third-order valence-corrected chi connectivity index (χ3v) is 7.46. The predicted molar refractivity (Wildman–Crippen MR) is 150 cm³/mol. The van der Waals surface area contributed by atoms with Crippen LogP contribution in [0.3, 0.4) is 0 Å². The lowest BCUT2D eigenvalue weighted by Gasteiger charge is -2.32. The quantitative estimate of drug-likeness (QED) is 0.100. The summed E-state index contributed by atoms with van der Waals surface area (Å²) < 4.78 is 22.5. The number of nitrogens with zero attached hydrogens (tertiary/aromatic N) is 2. The summed E-state index contributed by atoms with van der Waals surface area (Å²) in [6, 6.07) is 0.0320. The van der Waals surface area contributed by atoms with Crippen LogP contribution in [0.4, 0.5) is 4.79 Å². The van der Waals surface area contributed by atoms with E-state index in [1.807, 2.05) is 6.07 Å². The van der Waals surface area contributed by atoms with Crippen LogP contribution >= 0.6 is 0 Å². The molecule has 0 aromatic carbocycles. The molecule has 3 aliphatic rings. The minimum atomic E-state index is -1.94. The van der Waals surface area contributed by atoms with Gasteiger partial charge in [0.2, 0.25) is 5.60 Å². The summed E-state index contributed by atoms with van der Waals surface area (Å²) >= 11 is 0. The minimum absolute atomic E-state index is 0.00511. The molecule has 3 rings (SSSR count). The number of amides is 1. The summed E-state index contributed by atoms with van der Waals surface area (Å²) in [6.45, 7) is 8.06. The number of aliphatic imine (C=N–C) groups is 1. The minimum Gasteiger partial charge on any atom is -0.463 e. The Bertz CT molecular complexity index is 1140. The highest BCUT2D eigenvalue weighted by atomic mass is 16.6. The van der Waals surface area contributed by atoms with Gasteiger partial charge < -0.3 is 40.4 Å². The molecule has 2 heterocycles. The van der Waals surface area contributed by atoms with Gasteiger partial charge in [0, 0.05) is 6.42 Å². The number of hydrogen-bond donors (Lipinski definition) is 5. The number of amidine groups is 1. The number of nitrogens with two attached hydrogens (primary N) is 1. The molecular formula is C28H42N6O8. The lowest BCUT2D eigenvalue weighted by atomic mass is 9.83. The van der Waals surface area contributed by atoms with Crippen LogP contribution in [0.5, 0.6) is 0 Å². The predicted octanol–water partition coefficient (Wildman–Crippen LogP) is 1.41. The number of nitriles is 1. The van der Waals surface area contributed by atoms with Crippen LogP contribution in [0.15, 0.2) is 16.8 Å². The van der Waals surface area contributed by atoms with E-state index in [0.717, 1.165) is 25.6 Å². The van der Waals surface area contributed by atoms with Crippen LogP contribution in [0, 0.1) is 28.6 Å². The van der Waals surface area contributed by atoms with E-state index in [0.29, 0.717) is 5.70 Å². The molecule has 0 aromatic rings. The van der Waals surface area contributed by atoms with Crippen molar-refractivity contribution >= 4 is 30.2 Å². The summed E-state index contributed by atoms with van der Waals surface area (Å²) in [5, 5.41) is 34.4. The average Bonchev–Trinajstić information content (AvgIpc) is 3.47. The Labute approximate surface area is 245 Å². The van der Waals surface area contributed by atoms with Gasteiger partial charge >= 0.3 is 18.0 Å². The Balaban J connectivity index is 1.82. The number of ether oxygens (including phenoxy) is 4. The van der Waals surface area contributed by atoms with Gasteiger partial charge in [-0.3, -0.25) is 10.2 Å². The fraction of sp³-hybridized carbons (Fsp3) is 0.714. The molecule has 6 atom stereocenters. The number of aliphatic hydroxyl groups excluding tert-OH is 1. The molecule has 42 heavy (non-hydrogen) atoms. The molecule has 1 aliphatic carbocycles. The van der Waals surface area contributed by atoms with E-state index < -0.39 is 65.5 Å². The number of esters is 2. The Morgan fingerprint density at radius 3 is 2.62 bits per heavy atom. The van der Waals surface area contributed by atoms with Crippen molar-refractivity contribution < 1.29 is 38.4 Å². The Morgan fingerprint density at radius 2 is 2.07 bits per heavy atom. The lowest BCUT2D eigenvalue weighted by Crippen LogP contribution is -2.56. The molecule has 0 bridgehead atoms. The van der Waals surface area contributed by atoms with Crippen LogP contribution in [-0.2, 0) is 28.5 Å². The molecule has 14 nitrogen and oxygen atoms in total. The van der Waals surface area contributed by atoms with E-state index >= 15 is 0 Å². The smallest absolute Gasteiger partial charge is 0.408 e. The zero-order valence-electron chi connectivity index (χ0n) is 24.7. The molecule has 1 saturated heterocycles. The Kier molecular flexibility index (Phi) is 10.6. The van der Waals surface area contributed by atoms with Crippen LogP contribution in [0.2, 0.25) is 0 Å². The zero-order valence-corrected chi connectivity index (χ0v) is 24.7. The van der Waals surface area contributed by atoms with Crippen molar-refractivity contribution in [2.75, 3.05) is 6.61 Å². The number of nitrogens with one attached hydrogen (secondary N) is 3. The highest BCUT2D eigenvalue weighted by molar-refractivity contribution is 6.00. The first-order chi connectivity index (χ1) is 19.7. The number of carbonyl (C=O) groups excluding carboxylic acids is 3. The molecule has 1 amide bonds. The van der Waals surface area contributed by atoms with Gasteiger partial charge in [-0.1, -0.05) is 26.3 Å². The average molecular weight is 591 g/mol. The van der Waals surface area contributed by atoms with Crippen LogP contribution < -0.4 is 16.4 Å². The first-order valence-electron chi connectivity index (χ1n) is 14.1. The first kappa shape index (κ1) is 32.8. The van der Waals surface area contributed by atoms with Gasteiger partial charge in [0.05, 0.1) is 11.7 Å². The summed E-state index contributed by atoms with van der Waals surface area (Å²) in [7, 11) is 0. The van der Waals surface area contributed by atoms with Gasteiger partial charge in [0.15, 0.2) is 6.10 Å². The second-order valence-electron chi connectivity index (χ2n) is 12.2. The maximum absolute atomic E-state index is 13.4. The Morgan fingerprint density at radius 1 is 1.38 bits per heavy atom. The second-order valence-corrected chi connectivity index (χ2v) is 12.2. The van der Waals surface area contributed by atoms with E-state index in [1.165, 1.54) is 0 Å². The second kappa shape index (κ2) is 13.5. The van der Waals surface area contributed by atoms with Crippen molar-refractivity contribution in [2.24, 2.45) is 22.6 Å². The fourth-order valence-electron chi connectivity index (χ4n) is 5.01. The third kappa shape index (κ3) is 7.77. The molecule has 2 aliphatic heterocycles. The topological polar surface area (TPSA) is 218 Å². The number of carbonyl (C=O) groups is 3. The normalized spacial score (nSPS) is 28.5. The van der Waals surface area contributed by atoms with Crippen molar-refractivity contribution in [3.63, 3.8) is 0 Å². The molecule has 0 spiro atoms. The van der Waals surface area contributed by atoms with Crippen LogP contribution in [-0.4, -0.2) is 83.5 Å². The molecule has 0 radical (unpaired) electrons. The Hall–Kier alpha value is -3.70. The molecule has 2 fully saturated rings. The monoisotopic (exact) mass is 590 g/mol. The van der Waals surface area contributed by atoms with Gasteiger partial charge in [0.1, 0.15) is 48.7 Å². The van der Waals surface area contributed by atoms with Crippen molar-refractivity contribution in [1.82, 2.24) is 10.6 Å². The zero-order chi connectivity index (χ0) is 31.2. The lowest BCUT2D eigenvalue weighted by molar-refractivity contribution is -0.163. The molecule has 14 heteroatoms. The van der Waals surface area contributed by atoms with Crippen molar-refractivity contribution in [3.05, 3.63) is 11.8 Å². The van der Waals surface area contributed by atoms with E-state index in [9.17, 15) is 24.8 Å². The standard InChI is InChI=1S/C28H42N6O8/c1-15(2)21(34-26(38)42-27(3,4)5)25(37)40-22-18(12-39-20(35)11-16-7-6-8-16)41-28(13-29,23(22)36)19-10-9-17(33-19)24(31)32-14-30/h9,14-16,18-19,21-23,33,36H,6-8,10-12H2,1-5H3,(H,34,38)(H3,30,31,32)/t18-,19?,21-,22-,23-,28+/m1/s1. The van der Waals surface area contributed by atoms with E-state index in [1.54, 1.807) is 40.7 Å². The largest absolute Gasteiger partial charge is 0.463 e. The van der Waals surface area contributed by atoms with E-state index in [-0.39, 0.29) is 31.2 Å². The third-order valence-electron chi connectivity index (χ3n) is 7.46. The van der Waals surface area contributed by atoms with Gasteiger partial charge in [-0.15, -0.1) is 0 Å². The summed E-state index contributed by atoms with van der Waals surface area (Å²) in [4.78, 5) is 42.0. The van der Waals surface area contributed by atoms with Gasteiger partial charge in [0.25, 0.3) is 0 Å². The number of aliphatic hydroxyl groups is 1. The highest BCUT2D eigenvalue weighted by Gasteiger charge is 2.62. The fourth-order valence-corrected chi connectivity index (χ4v) is 5.01. The van der Waals surface area contributed by atoms with E-state index in [4.69, 9.17) is 30.1 Å². The maximum atomic E-state index is 13.4. The van der Waals surface area contributed by atoms with Gasteiger partial charge in [-0.25, -0.2) is 14.6 Å². The number of alkyl carbamates (subject to hydrolysis) is 1. The van der Waals surface area contributed by atoms with Gasteiger partial charge in [-0.2, -0.15) is 5.26 Å². The number of rotatable bonds is 11. The summed E-state index contributed by atoms with van der Waals surface area (Å²) in [5.74, 6) is -1.51. The molecule has 6 N–H and O–H groups in total. The first-order valence-corrected chi connectivity index (χ1v) is 14.1. The number of hydrogen-bond acceptors (Lipinski definition) is 11. The SMILES string of the molecule is CC(C)[C@@H](NC(=O)OC(C)(C)C)C(=O)O[C@H]1[C@@H](O)[C@](C#N)(C2CC=C(C(N)=NC=N)N2)O[C@@H]1COC(=O)CC1CCC1. The highest BCUT2D eigenvalue weighted by Crippen LogP contribution is 2.39. The van der Waals surface area contributed by atoms with Crippen molar-refractivity contribution in [2.45, 2.75) is 108 Å². The summed E-state index contributed by atoms with van der Waals surface area (Å²) in [6.07, 6.45) is 0.677. The summed E-state index contributed by atoms with van der Waals surface area (Å²) in [5.41, 5.74) is 3.48. The van der Waals surface area contributed by atoms with Crippen LogP contribution in [0.1, 0.15) is 66.7 Å². The molecule has 232 valence electrons. The van der Waals surface area contributed by atoms with Gasteiger partial charge in [-0.05, 0) is 51.9 Å². The molecular weight excluding hydrogens is 548 g/mol. The molecule has 1 unspecified atom stereocenters. The molecule has 0 aromatic heterocycles. The molecule has 1 saturated carbocycles. The maximum Gasteiger partial charge on any atom is 0.408 e. The van der Waals surface area contributed by atoms with E-state index in [2.05, 4.69) is 15.6 Å². The van der Waals surface area contributed by atoms with Crippen LogP contribution in [0.25, 0.3) is 0 Å². The van der Waals surface area contributed by atoms with Crippen molar-refractivity contribution in [1.29, 1.82) is 10.7 Å². The van der Waals surface area contributed by atoms with Crippen molar-refractivity contribution in [3.8, 4) is 6.07 Å².